The van der Waals surface area contributed by atoms with Crippen LogP contribution >= 0.6 is 23.2 Å². The number of ether oxygens (including phenoxy) is 1. The van der Waals surface area contributed by atoms with E-state index in [4.69, 9.17) is 27.9 Å². The zero-order valence-electron chi connectivity index (χ0n) is 10.2. The molecule has 1 heterocycles. The summed E-state index contributed by atoms with van der Waals surface area (Å²) in [6.07, 6.45) is 2.54. The van der Waals surface area contributed by atoms with Crippen molar-refractivity contribution in [3.63, 3.8) is 0 Å². The Bertz CT molecular complexity index is 737. The van der Waals surface area contributed by atoms with Crippen molar-refractivity contribution < 1.29 is 13.2 Å². The van der Waals surface area contributed by atoms with Crippen LogP contribution in [0.2, 0.25) is 10.2 Å². The molecule has 1 aromatic carbocycles. The standard InChI is InChI=1S/C11H9Cl2N3O3S/c1-19-9-3-2-7(4-8(9)12)20(17,18)16-11-6-14-5-10(13)15-11/h2-6H,1H3,(H,15,16). The summed E-state index contributed by atoms with van der Waals surface area (Å²) in [6.45, 7) is 0. The predicted octanol–water partition coefficient (Wildman–Crippen LogP) is 2.59. The minimum atomic E-state index is -3.83. The van der Waals surface area contributed by atoms with Crippen LogP contribution in [0.4, 0.5) is 5.82 Å². The lowest BCUT2D eigenvalue weighted by molar-refractivity contribution is 0.414. The quantitative estimate of drug-likeness (QED) is 0.929. The van der Waals surface area contributed by atoms with Gasteiger partial charge >= 0.3 is 0 Å². The first-order valence-corrected chi connectivity index (χ1v) is 7.50. The van der Waals surface area contributed by atoms with Gasteiger partial charge in [-0.15, -0.1) is 0 Å². The highest BCUT2D eigenvalue weighted by Gasteiger charge is 2.17. The normalized spacial score (nSPS) is 11.2. The Labute approximate surface area is 125 Å². The lowest BCUT2D eigenvalue weighted by atomic mass is 10.3. The number of hydrogen-bond donors (Lipinski definition) is 1. The first kappa shape index (κ1) is 14.8. The Balaban J connectivity index is 2.33. The molecule has 2 rings (SSSR count). The molecule has 0 amide bonds. The third kappa shape index (κ3) is 3.30. The average Bonchev–Trinajstić information content (AvgIpc) is 2.38. The molecule has 106 valence electrons. The van der Waals surface area contributed by atoms with Gasteiger partial charge in [0, 0.05) is 0 Å². The van der Waals surface area contributed by atoms with Gasteiger partial charge in [0.25, 0.3) is 10.0 Å². The van der Waals surface area contributed by atoms with Gasteiger partial charge in [-0.05, 0) is 18.2 Å². The van der Waals surface area contributed by atoms with Gasteiger partial charge < -0.3 is 4.74 Å². The molecule has 0 aliphatic carbocycles. The number of nitrogens with zero attached hydrogens (tertiary/aromatic N) is 2. The van der Waals surface area contributed by atoms with Crippen LogP contribution in [-0.4, -0.2) is 25.5 Å². The van der Waals surface area contributed by atoms with Crippen molar-refractivity contribution in [3.8, 4) is 5.75 Å². The molecule has 1 aromatic heterocycles. The Morgan fingerprint density at radius 1 is 1.25 bits per heavy atom. The zero-order valence-corrected chi connectivity index (χ0v) is 12.5. The van der Waals surface area contributed by atoms with E-state index in [-0.39, 0.29) is 20.9 Å². The highest BCUT2D eigenvalue weighted by molar-refractivity contribution is 7.92. The second-order valence-electron chi connectivity index (χ2n) is 3.63. The number of anilines is 1. The van der Waals surface area contributed by atoms with Crippen LogP contribution in [-0.2, 0) is 10.0 Å². The van der Waals surface area contributed by atoms with E-state index in [1.54, 1.807) is 0 Å². The molecule has 0 bridgehead atoms. The number of aromatic nitrogens is 2. The SMILES string of the molecule is COc1ccc(S(=O)(=O)Nc2cncc(Cl)n2)cc1Cl. The molecular weight excluding hydrogens is 325 g/mol. The smallest absolute Gasteiger partial charge is 0.263 e. The topological polar surface area (TPSA) is 81.2 Å². The molecule has 0 saturated carbocycles. The van der Waals surface area contributed by atoms with Crippen LogP contribution in [0.15, 0.2) is 35.5 Å². The van der Waals surface area contributed by atoms with E-state index in [2.05, 4.69) is 14.7 Å². The van der Waals surface area contributed by atoms with Gasteiger partial charge in [0.15, 0.2) is 5.82 Å². The molecule has 2 aromatic rings. The first-order valence-electron chi connectivity index (χ1n) is 5.26. The monoisotopic (exact) mass is 333 g/mol. The summed E-state index contributed by atoms with van der Waals surface area (Å²) in [7, 11) is -2.39. The van der Waals surface area contributed by atoms with Gasteiger partial charge in [-0.25, -0.2) is 13.4 Å². The predicted molar refractivity (Wildman–Crippen MR) is 75.9 cm³/mol. The maximum absolute atomic E-state index is 12.1. The lowest BCUT2D eigenvalue weighted by Gasteiger charge is -2.09. The van der Waals surface area contributed by atoms with E-state index in [1.165, 1.54) is 37.7 Å². The zero-order chi connectivity index (χ0) is 14.8. The van der Waals surface area contributed by atoms with Crippen LogP contribution in [0.1, 0.15) is 0 Å². The van der Waals surface area contributed by atoms with Crippen molar-refractivity contribution in [1.82, 2.24) is 9.97 Å². The first-order chi connectivity index (χ1) is 9.42. The Morgan fingerprint density at radius 2 is 2.00 bits per heavy atom. The van der Waals surface area contributed by atoms with E-state index in [0.29, 0.717) is 5.75 Å². The number of nitrogens with one attached hydrogen (secondary N) is 1. The van der Waals surface area contributed by atoms with Crippen molar-refractivity contribution >= 4 is 39.0 Å². The second-order valence-corrected chi connectivity index (χ2v) is 6.11. The summed E-state index contributed by atoms with van der Waals surface area (Å²) in [5.74, 6) is 0.401. The summed E-state index contributed by atoms with van der Waals surface area (Å²) >= 11 is 11.5. The number of benzene rings is 1. The van der Waals surface area contributed by atoms with Crippen molar-refractivity contribution in [1.29, 1.82) is 0 Å². The molecule has 1 N–H and O–H groups in total. The lowest BCUT2D eigenvalue weighted by Crippen LogP contribution is -2.14. The van der Waals surface area contributed by atoms with E-state index >= 15 is 0 Å². The second kappa shape index (κ2) is 5.82. The fourth-order valence-corrected chi connectivity index (χ4v) is 2.88. The van der Waals surface area contributed by atoms with Crippen molar-refractivity contribution in [2.75, 3.05) is 11.8 Å². The molecule has 0 saturated heterocycles. The van der Waals surface area contributed by atoms with Crippen molar-refractivity contribution in [2.45, 2.75) is 4.90 Å². The van der Waals surface area contributed by atoms with Crippen molar-refractivity contribution in [2.24, 2.45) is 0 Å². The number of hydrogen-bond acceptors (Lipinski definition) is 5. The van der Waals surface area contributed by atoms with Crippen LogP contribution < -0.4 is 9.46 Å². The van der Waals surface area contributed by atoms with Crippen LogP contribution in [0.5, 0.6) is 5.75 Å². The fourth-order valence-electron chi connectivity index (χ4n) is 1.40. The molecule has 0 atom stereocenters. The number of methoxy groups -OCH3 is 1. The molecule has 0 spiro atoms. The molecule has 0 fully saturated rings. The van der Waals surface area contributed by atoms with Crippen LogP contribution in [0, 0.1) is 0 Å². The Hall–Kier alpha value is -1.57. The van der Waals surface area contributed by atoms with Gasteiger partial charge in [0.1, 0.15) is 10.9 Å². The van der Waals surface area contributed by atoms with Gasteiger partial charge in [-0.1, -0.05) is 23.2 Å². The van der Waals surface area contributed by atoms with E-state index in [0.717, 1.165) is 0 Å². The Morgan fingerprint density at radius 3 is 2.60 bits per heavy atom. The molecule has 9 heteroatoms. The molecule has 6 nitrogen and oxygen atoms in total. The van der Waals surface area contributed by atoms with Crippen molar-refractivity contribution in [3.05, 3.63) is 40.8 Å². The maximum Gasteiger partial charge on any atom is 0.263 e. The molecular formula is C11H9Cl2N3O3S. The summed E-state index contributed by atoms with van der Waals surface area (Å²) in [5.41, 5.74) is 0. The number of halogens is 2. The maximum atomic E-state index is 12.1. The minimum absolute atomic E-state index is 0.0180. The van der Waals surface area contributed by atoms with E-state index in [1.807, 2.05) is 0 Å². The largest absolute Gasteiger partial charge is 0.495 e. The summed E-state index contributed by atoms with van der Waals surface area (Å²) in [5, 5.41) is 0.269. The van der Waals surface area contributed by atoms with E-state index < -0.39 is 10.0 Å². The fraction of sp³-hybridized carbons (Fsp3) is 0.0909. The van der Waals surface area contributed by atoms with Crippen LogP contribution in [0.3, 0.4) is 0 Å². The average molecular weight is 334 g/mol. The molecule has 20 heavy (non-hydrogen) atoms. The summed E-state index contributed by atoms with van der Waals surface area (Å²) in [4.78, 5) is 7.51. The third-order valence-electron chi connectivity index (χ3n) is 2.28. The summed E-state index contributed by atoms with van der Waals surface area (Å²) in [6, 6.07) is 4.10. The van der Waals surface area contributed by atoms with Gasteiger partial charge in [0.2, 0.25) is 0 Å². The summed E-state index contributed by atoms with van der Waals surface area (Å²) < 4.78 is 31.5. The molecule has 0 aliphatic heterocycles. The number of sulfonamides is 1. The van der Waals surface area contributed by atoms with Gasteiger partial charge in [-0.2, -0.15) is 0 Å². The molecule has 0 unspecified atom stereocenters. The van der Waals surface area contributed by atoms with E-state index in [9.17, 15) is 8.42 Å². The highest BCUT2D eigenvalue weighted by Crippen LogP contribution is 2.27. The molecule has 0 aliphatic rings. The Kier molecular flexibility index (Phi) is 4.32. The van der Waals surface area contributed by atoms with Crippen LogP contribution in [0.25, 0.3) is 0 Å². The van der Waals surface area contributed by atoms with Gasteiger partial charge in [-0.3, -0.25) is 9.71 Å². The highest BCUT2D eigenvalue weighted by atomic mass is 35.5. The minimum Gasteiger partial charge on any atom is -0.495 e. The number of rotatable bonds is 4. The molecule has 0 radical (unpaired) electrons. The third-order valence-corrected chi connectivity index (χ3v) is 4.11. The van der Waals surface area contributed by atoms with Gasteiger partial charge in [0.05, 0.1) is 29.4 Å².